The van der Waals surface area contributed by atoms with Crippen molar-refractivity contribution in [1.82, 2.24) is 0 Å². The van der Waals surface area contributed by atoms with Gasteiger partial charge in [-0.1, -0.05) is 41.5 Å². The minimum Gasteiger partial charge on any atom is -0.538 e. The lowest BCUT2D eigenvalue weighted by Crippen LogP contribution is -2.51. The summed E-state index contributed by atoms with van der Waals surface area (Å²) in [5, 5.41) is -0.0813. The van der Waals surface area contributed by atoms with Crippen molar-refractivity contribution in [2.45, 2.75) is 77.8 Å². The average Bonchev–Trinajstić information content (AvgIpc) is 2.30. The van der Waals surface area contributed by atoms with Crippen molar-refractivity contribution in [2.75, 3.05) is 0 Å². The van der Waals surface area contributed by atoms with E-state index in [0.717, 1.165) is 0 Å². The molecule has 4 nitrogen and oxygen atoms in total. The molecule has 126 valence electrons. The molecule has 0 aliphatic heterocycles. The Kier molecular flexibility index (Phi) is 4.65. The lowest BCUT2D eigenvalue weighted by Gasteiger charge is -2.39. The van der Waals surface area contributed by atoms with Crippen LogP contribution in [-0.2, 0) is 0 Å². The molecule has 0 aliphatic rings. The van der Waals surface area contributed by atoms with Crippen LogP contribution in [0.4, 0.5) is 0 Å². The van der Waals surface area contributed by atoms with Crippen LogP contribution in [0.25, 0.3) is 0 Å². The third-order valence-electron chi connectivity index (χ3n) is 5.15. The van der Waals surface area contributed by atoms with Gasteiger partial charge < -0.3 is 8.85 Å². The van der Waals surface area contributed by atoms with E-state index in [4.69, 9.17) is 8.85 Å². The first-order valence-electron chi connectivity index (χ1n) is 7.72. The molecule has 0 atom stereocenters. The molecule has 1 aromatic rings. The van der Waals surface area contributed by atoms with Gasteiger partial charge in [-0.25, -0.2) is 0 Å². The molecule has 0 radical (unpaired) electrons. The van der Waals surface area contributed by atoms with Crippen molar-refractivity contribution < 1.29 is 8.85 Å². The fourth-order valence-electron chi connectivity index (χ4n) is 1.35. The largest absolute Gasteiger partial charge is 0.538 e. The van der Waals surface area contributed by atoms with E-state index in [0.29, 0.717) is 0 Å². The Bertz CT molecular complexity index is 568. The van der Waals surface area contributed by atoms with Crippen molar-refractivity contribution in [1.29, 1.82) is 0 Å². The molecule has 6 heteroatoms. The van der Waals surface area contributed by atoms with Crippen LogP contribution in [0.5, 0.6) is 11.5 Å². The molecule has 1 rings (SSSR count). The van der Waals surface area contributed by atoms with Crippen LogP contribution < -0.4 is 19.7 Å². The van der Waals surface area contributed by atoms with Gasteiger partial charge >= 0.3 is 0 Å². The third-order valence-corrected chi connectivity index (χ3v) is 13.8. The van der Waals surface area contributed by atoms with Crippen molar-refractivity contribution in [3.05, 3.63) is 20.4 Å². The molecule has 0 N–H and O–H groups in total. The molecule has 0 heterocycles. The van der Waals surface area contributed by atoms with Gasteiger partial charge in [0.15, 0.2) is 0 Å². The highest BCUT2D eigenvalue weighted by atomic mass is 28.4. The Balaban J connectivity index is 3.16. The minimum atomic E-state index is -2.17. The molecule has 0 bridgehead atoms. The summed E-state index contributed by atoms with van der Waals surface area (Å²) in [7, 11) is -4.34. The van der Waals surface area contributed by atoms with Gasteiger partial charge in [-0.05, 0) is 36.3 Å². The van der Waals surface area contributed by atoms with Crippen LogP contribution in [0, 0.1) is 0 Å². The molecule has 0 unspecified atom stereocenters. The monoisotopic (exact) mass is 342 g/mol. The van der Waals surface area contributed by atoms with Crippen LogP contribution >= 0.6 is 0 Å². The first-order chi connectivity index (χ1) is 9.51. The molecule has 0 amide bonds. The standard InChI is InChI=1S/C16H30O4Si2/c1-15(2,3)21(7,8)19-13-11(17)12(18)14(13)20-22(9,10)16(4,5)6/h1-10H3. The second-order valence-corrected chi connectivity index (χ2v) is 18.5. The highest BCUT2D eigenvalue weighted by molar-refractivity contribution is 6.75. The van der Waals surface area contributed by atoms with E-state index in [1.165, 1.54) is 0 Å². The highest BCUT2D eigenvalue weighted by Gasteiger charge is 2.45. The van der Waals surface area contributed by atoms with E-state index < -0.39 is 27.5 Å². The van der Waals surface area contributed by atoms with E-state index in [2.05, 4.69) is 67.7 Å². The van der Waals surface area contributed by atoms with Crippen LogP contribution in [0.15, 0.2) is 9.59 Å². The molecule has 0 aromatic heterocycles. The third kappa shape index (κ3) is 3.37. The summed E-state index contributed by atoms with van der Waals surface area (Å²) in [6.07, 6.45) is 0. The summed E-state index contributed by atoms with van der Waals surface area (Å²) >= 11 is 0. The van der Waals surface area contributed by atoms with E-state index in [-0.39, 0.29) is 21.6 Å². The number of rotatable bonds is 4. The van der Waals surface area contributed by atoms with Gasteiger partial charge in [-0.3, -0.25) is 9.59 Å². The summed E-state index contributed by atoms with van der Waals surface area (Å²) in [4.78, 5) is 23.9. The lowest BCUT2D eigenvalue weighted by atomic mass is 10.2. The second kappa shape index (κ2) is 5.33. The first-order valence-corrected chi connectivity index (χ1v) is 13.5. The molecule has 0 saturated carbocycles. The smallest absolute Gasteiger partial charge is 0.274 e. The molecule has 0 spiro atoms. The van der Waals surface area contributed by atoms with Crippen molar-refractivity contribution in [3.63, 3.8) is 0 Å². The zero-order valence-electron chi connectivity index (χ0n) is 15.6. The van der Waals surface area contributed by atoms with Gasteiger partial charge in [-0.2, -0.15) is 0 Å². The Labute approximate surface area is 135 Å². The molecular formula is C16H30O4Si2. The minimum absolute atomic E-state index is 0.0407. The summed E-state index contributed by atoms with van der Waals surface area (Å²) in [5.41, 5.74) is -1.09. The average molecular weight is 343 g/mol. The summed E-state index contributed by atoms with van der Waals surface area (Å²) in [5.74, 6) is 0.308. The number of hydrogen-bond donors (Lipinski definition) is 0. The number of hydrogen-bond acceptors (Lipinski definition) is 4. The van der Waals surface area contributed by atoms with E-state index >= 15 is 0 Å². The summed E-state index contributed by atoms with van der Waals surface area (Å²) in [6.45, 7) is 20.8. The van der Waals surface area contributed by atoms with E-state index in [1.54, 1.807) is 0 Å². The van der Waals surface area contributed by atoms with Crippen molar-refractivity contribution in [3.8, 4) is 11.5 Å². The van der Waals surface area contributed by atoms with Crippen LogP contribution in [0.1, 0.15) is 41.5 Å². The maximum Gasteiger partial charge on any atom is 0.274 e. The summed E-state index contributed by atoms with van der Waals surface area (Å²) in [6, 6.07) is 0. The van der Waals surface area contributed by atoms with E-state index in [9.17, 15) is 9.59 Å². The Hall–Kier alpha value is -0.886. The zero-order valence-corrected chi connectivity index (χ0v) is 17.6. The molecule has 1 aromatic carbocycles. The van der Waals surface area contributed by atoms with Crippen LogP contribution in [0.3, 0.4) is 0 Å². The van der Waals surface area contributed by atoms with Gasteiger partial charge in [0.1, 0.15) is 0 Å². The van der Waals surface area contributed by atoms with Crippen molar-refractivity contribution >= 4 is 16.6 Å². The molecule has 22 heavy (non-hydrogen) atoms. The molecule has 0 aliphatic carbocycles. The van der Waals surface area contributed by atoms with Crippen LogP contribution in [-0.4, -0.2) is 16.6 Å². The topological polar surface area (TPSA) is 52.6 Å². The molecular weight excluding hydrogens is 312 g/mol. The quantitative estimate of drug-likeness (QED) is 0.612. The summed E-state index contributed by atoms with van der Waals surface area (Å²) < 4.78 is 12.1. The molecule has 0 saturated heterocycles. The predicted octanol–water partition coefficient (Wildman–Crippen LogP) is 4.05. The molecule has 0 fully saturated rings. The fourth-order valence-corrected chi connectivity index (χ4v) is 3.36. The normalized spacial score (nSPS) is 14.3. The fraction of sp³-hybridized carbons (Fsp3) is 0.750. The SMILES string of the molecule is CC(C)(C)[Si](C)(C)Oc1c(O[Si](C)(C)C(C)(C)C)c(=O)c1=O. The van der Waals surface area contributed by atoms with Gasteiger partial charge in [0.05, 0.1) is 0 Å². The van der Waals surface area contributed by atoms with Crippen LogP contribution in [0.2, 0.25) is 36.3 Å². The lowest BCUT2D eigenvalue weighted by molar-refractivity contribution is 0.424. The van der Waals surface area contributed by atoms with Gasteiger partial charge in [0, 0.05) is 0 Å². The Morgan fingerprint density at radius 1 is 0.636 bits per heavy atom. The highest BCUT2D eigenvalue weighted by Crippen LogP contribution is 2.41. The van der Waals surface area contributed by atoms with Crippen molar-refractivity contribution in [2.24, 2.45) is 0 Å². The van der Waals surface area contributed by atoms with Gasteiger partial charge in [-0.15, -0.1) is 0 Å². The maximum atomic E-state index is 11.9. The Morgan fingerprint density at radius 2 is 0.864 bits per heavy atom. The maximum absolute atomic E-state index is 11.9. The second-order valence-electron chi connectivity index (χ2n) is 9.04. The van der Waals surface area contributed by atoms with Gasteiger partial charge in [0.25, 0.3) is 27.5 Å². The Morgan fingerprint density at radius 3 is 1.05 bits per heavy atom. The predicted molar refractivity (Wildman–Crippen MR) is 97.0 cm³/mol. The zero-order chi connectivity index (χ0) is 17.7. The first kappa shape index (κ1) is 19.2. The van der Waals surface area contributed by atoms with Gasteiger partial charge in [0.2, 0.25) is 11.5 Å². The van der Waals surface area contributed by atoms with E-state index in [1.807, 2.05) is 0 Å².